The van der Waals surface area contributed by atoms with E-state index in [2.05, 4.69) is 11.4 Å². The van der Waals surface area contributed by atoms with Crippen molar-refractivity contribution in [3.05, 3.63) is 46.4 Å². The Labute approximate surface area is 205 Å². The van der Waals surface area contributed by atoms with Crippen LogP contribution >= 0.6 is 0 Å². The van der Waals surface area contributed by atoms with E-state index < -0.39 is 5.82 Å². The van der Waals surface area contributed by atoms with Crippen molar-refractivity contribution in [3.8, 4) is 6.07 Å². The molecule has 0 bridgehead atoms. The van der Waals surface area contributed by atoms with Gasteiger partial charge in [0.25, 0.3) is 0 Å². The van der Waals surface area contributed by atoms with Gasteiger partial charge in [-0.2, -0.15) is 5.26 Å². The summed E-state index contributed by atoms with van der Waals surface area (Å²) in [5.41, 5.74) is 3.14. The van der Waals surface area contributed by atoms with Crippen LogP contribution < -0.4 is 10.2 Å². The van der Waals surface area contributed by atoms with Crippen LogP contribution in [0.2, 0.25) is 0 Å². The highest BCUT2D eigenvalue weighted by Crippen LogP contribution is 2.28. The van der Waals surface area contributed by atoms with Gasteiger partial charge in [-0.3, -0.25) is 14.5 Å². The number of nitrogens with one attached hydrogen (secondary N) is 1. The number of carbonyl (C=O) groups is 2. The van der Waals surface area contributed by atoms with E-state index in [1.165, 1.54) is 13.0 Å². The van der Waals surface area contributed by atoms with E-state index in [0.717, 1.165) is 30.7 Å². The third kappa shape index (κ3) is 5.39. The van der Waals surface area contributed by atoms with Crippen LogP contribution in [0.15, 0.2) is 18.2 Å². The number of rotatable bonds is 7. The number of halogens is 1. The molecule has 2 aliphatic rings. The summed E-state index contributed by atoms with van der Waals surface area (Å²) in [5.74, 6) is -0.226. The number of carbonyl (C=O) groups excluding carboxylic acids is 2. The normalized spacial score (nSPS) is 18.5. The molecule has 0 radical (unpaired) electrons. The molecule has 1 atom stereocenters. The number of amides is 1. The maximum atomic E-state index is 14.5. The summed E-state index contributed by atoms with van der Waals surface area (Å²) in [6.45, 7) is 9.15. The lowest BCUT2D eigenvalue weighted by molar-refractivity contribution is -0.117. The largest absolute Gasteiger partial charge is 0.376 e. The quantitative estimate of drug-likeness (QED) is 0.611. The van der Waals surface area contributed by atoms with Crippen molar-refractivity contribution < 1.29 is 18.7 Å². The van der Waals surface area contributed by atoms with E-state index in [4.69, 9.17) is 4.74 Å². The van der Waals surface area contributed by atoms with Crippen molar-refractivity contribution in [2.45, 2.75) is 46.3 Å². The van der Waals surface area contributed by atoms with Crippen LogP contribution in [0.4, 0.5) is 15.9 Å². The van der Waals surface area contributed by atoms with Crippen LogP contribution in [-0.2, 0) is 16.1 Å². The van der Waals surface area contributed by atoms with Crippen molar-refractivity contribution in [1.29, 1.82) is 5.26 Å². The zero-order chi connectivity index (χ0) is 25.1. The lowest BCUT2D eigenvalue weighted by atomic mass is 10.1. The molecular weight excluding hydrogens is 449 g/mol. The Balaban J connectivity index is 1.38. The van der Waals surface area contributed by atoms with Crippen molar-refractivity contribution in [2.24, 2.45) is 0 Å². The summed E-state index contributed by atoms with van der Waals surface area (Å²) in [6.07, 6.45) is 2.07. The number of anilines is 2. The number of benzene rings is 1. The monoisotopic (exact) mass is 481 g/mol. The first-order valence-corrected chi connectivity index (χ1v) is 12.1. The first-order chi connectivity index (χ1) is 16.8. The molecule has 1 amide bonds. The van der Waals surface area contributed by atoms with Gasteiger partial charge in [0.2, 0.25) is 5.91 Å². The second-order valence-corrected chi connectivity index (χ2v) is 9.33. The molecule has 9 heteroatoms. The molecule has 4 rings (SSSR count). The van der Waals surface area contributed by atoms with Gasteiger partial charge in [0.05, 0.1) is 30.4 Å². The van der Waals surface area contributed by atoms with Crippen molar-refractivity contribution in [3.63, 3.8) is 0 Å². The molecule has 0 spiro atoms. The zero-order valence-corrected chi connectivity index (χ0v) is 20.6. The van der Waals surface area contributed by atoms with E-state index >= 15 is 0 Å². The van der Waals surface area contributed by atoms with Gasteiger partial charge >= 0.3 is 0 Å². The Bertz CT molecular complexity index is 1150. The lowest BCUT2D eigenvalue weighted by Crippen LogP contribution is -2.49. The average Bonchev–Trinajstić information content (AvgIpc) is 3.42. The fraction of sp³-hybridized carbons (Fsp3) is 0.500. The number of ether oxygens (including phenoxy) is 1. The molecule has 1 unspecified atom stereocenters. The molecule has 2 aromatic rings. The van der Waals surface area contributed by atoms with Crippen LogP contribution in [0.3, 0.4) is 0 Å². The Kier molecular flexibility index (Phi) is 7.53. The number of nitriles is 1. The minimum absolute atomic E-state index is 0.0840. The number of aromatic nitrogens is 1. The Morgan fingerprint density at radius 2 is 1.97 bits per heavy atom. The minimum Gasteiger partial charge on any atom is -0.376 e. The van der Waals surface area contributed by atoms with Crippen molar-refractivity contribution in [2.75, 3.05) is 49.5 Å². The Morgan fingerprint density at radius 1 is 1.23 bits per heavy atom. The molecule has 35 heavy (non-hydrogen) atoms. The summed E-state index contributed by atoms with van der Waals surface area (Å²) in [6, 6.07) is 6.81. The van der Waals surface area contributed by atoms with E-state index in [9.17, 15) is 19.2 Å². The van der Waals surface area contributed by atoms with Gasteiger partial charge in [0.1, 0.15) is 17.7 Å². The zero-order valence-electron chi connectivity index (χ0n) is 20.6. The first-order valence-electron chi connectivity index (χ1n) is 12.1. The molecule has 186 valence electrons. The topological polar surface area (TPSA) is 90.6 Å². The lowest BCUT2D eigenvalue weighted by Gasteiger charge is -2.35. The third-order valence-electron chi connectivity index (χ3n) is 7.04. The average molecular weight is 482 g/mol. The molecule has 0 saturated carbocycles. The van der Waals surface area contributed by atoms with Crippen LogP contribution in [-0.4, -0.2) is 66.6 Å². The highest BCUT2D eigenvalue weighted by Gasteiger charge is 2.26. The Hall–Kier alpha value is -3.22. The predicted molar refractivity (Wildman–Crippen MR) is 131 cm³/mol. The maximum Gasteiger partial charge on any atom is 0.239 e. The molecule has 2 aliphatic heterocycles. The molecule has 2 saturated heterocycles. The summed E-state index contributed by atoms with van der Waals surface area (Å²) in [7, 11) is 0. The Morgan fingerprint density at radius 3 is 2.57 bits per heavy atom. The third-order valence-corrected chi connectivity index (χ3v) is 7.04. The second kappa shape index (κ2) is 10.6. The molecule has 0 aliphatic carbocycles. The molecule has 1 N–H and O–H groups in total. The van der Waals surface area contributed by atoms with Crippen molar-refractivity contribution >= 4 is 23.2 Å². The van der Waals surface area contributed by atoms with Gasteiger partial charge < -0.3 is 19.5 Å². The minimum atomic E-state index is -0.411. The smallest absolute Gasteiger partial charge is 0.239 e. The number of nitrogens with zero attached hydrogens (tertiary/aromatic N) is 4. The summed E-state index contributed by atoms with van der Waals surface area (Å²) in [5, 5.41) is 12.7. The molecule has 3 heterocycles. The van der Waals surface area contributed by atoms with Crippen LogP contribution in [0.25, 0.3) is 0 Å². The molecule has 1 aromatic heterocycles. The van der Waals surface area contributed by atoms with Gasteiger partial charge in [0.15, 0.2) is 5.78 Å². The van der Waals surface area contributed by atoms with Crippen LogP contribution in [0.1, 0.15) is 46.9 Å². The van der Waals surface area contributed by atoms with Crippen LogP contribution in [0.5, 0.6) is 0 Å². The highest BCUT2D eigenvalue weighted by molar-refractivity contribution is 5.94. The summed E-state index contributed by atoms with van der Waals surface area (Å²) >= 11 is 0. The summed E-state index contributed by atoms with van der Waals surface area (Å²) < 4.78 is 22.3. The van der Waals surface area contributed by atoms with Gasteiger partial charge in [-0.25, -0.2) is 4.39 Å². The van der Waals surface area contributed by atoms with Gasteiger partial charge in [-0.05, 0) is 57.4 Å². The predicted octanol–water partition coefficient (Wildman–Crippen LogP) is 3.26. The van der Waals surface area contributed by atoms with Gasteiger partial charge in [-0.1, -0.05) is 0 Å². The second-order valence-electron chi connectivity index (χ2n) is 9.33. The number of piperazine rings is 1. The first kappa shape index (κ1) is 24.9. The molecule has 2 fully saturated rings. The van der Waals surface area contributed by atoms with Crippen molar-refractivity contribution in [1.82, 2.24) is 9.47 Å². The maximum absolute atomic E-state index is 14.5. The molecule has 8 nitrogen and oxygen atoms in total. The van der Waals surface area contributed by atoms with E-state index in [0.29, 0.717) is 55.4 Å². The molecule has 1 aromatic carbocycles. The SMILES string of the molecule is CC(=O)c1ccc(N2CCN(CC(=O)Nc3c(C#N)c(C)c(C)n3CC3CCCO3)CC2)c(F)c1. The highest BCUT2D eigenvalue weighted by atomic mass is 19.1. The number of ketones is 1. The summed E-state index contributed by atoms with van der Waals surface area (Å²) in [4.78, 5) is 28.4. The van der Waals surface area contributed by atoms with E-state index in [1.54, 1.807) is 12.1 Å². The number of Topliss-reactive ketones (excluding diaryl/α,β-unsaturated/α-hetero) is 1. The van der Waals surface area contributed by atoms with Gasteiger partial charge in [-0.15, -0.1) is 0 Å². The van der Waals surface area contributed by atoms with Crippen LogP contribution in [0, 0.1) is 31.0 Å². The van der Waals surface area contributed by atoms with E-state index in [1.807, 2.05) is 28.2 Å². The number of hydrogen-bond acceptors (Lipinski definition) is 6. The fourth-order valence-corrected chi connectivity index (χ4v) is 4.85. The fourth-order valence-electron chi connectivity index (χ4n) is 4.85. The number of hydrogen-bond donors (Lipinski definition) is 1. The van der Waals surface area contributed by atoms with Gasteiger partial charge in [0, 0.05) is 44.0 Å². The van der Waals surface area contributed by atoms with E-state index in [-0.39, 0.29) is 24.3 Å². The standard InChI is InChI=1S/C26H32FN5O3/c1-17-18(2)32(15-21-5-4-12-35-21)26(22(17)14-28)29-25(34)16-30-8-10-31(11-9-30)24-7-6-20(19(3)33)13-23(24)27/h6-7,13,21H,4-5,8-12,15-16H2,1-3H3,(H,29,34). The molecular formula is C26H32FN5O3.